The number of rotatable bonds is 11. The van der Waals surface area contributed by atoms with Crippen molar-refractivity contribution in [2.75, 3.05) is 0 Å². The van der Waals surface area contributed by atoms with Gasteiger partial charge in [-0.15, -0.1) is 6.58 Å². The molecule has 26 heavy (non-hydrogen) atoms. The molecule has 1 aromatic carbocycles. The number of hydrogen-bond donors (Lipinski definition) is 0. The van der Waals surface area contributed by atoms with Crippen LogP contribution >= 0.6 is 0 Å². The molecule has 0 heterocycles. The summed E-state index contributed by atoms with van der Waals surface area (Å²) >= 11 is 0. The molecule has 1 aromatic rings. The monoisotopic (exact) mass is 351 g/mol. The Labute approximate surface area is 161 Å². The van der Waals surface area contributed by atoms with Gasteiger partial charge in [0.15, 0.2) is 0 Å². The van der Waals surface area contributed by atoms with Crippen LogP contribution in [0.15, 0.2) is 36.9 Å². The van der Waals surface area contributed by atoms with E-state index in [0.29, 0.717) is 5.92 Å². The number of benzene rings is 1. The van der Waals surface area contributed by atoms with Crippen molar-refractivity contribution in [1.29, 1.82) is 5.26 Å². The quantitative estimate of drug-likeness (QED) is 0.295. The maximum atomic E-state index is 9.01. The first kappa shape index (κ1) is 20.8. The second kappa shape index (κ2) is 11.9. The normalized spacial score (nSPS) is 21.1. The Bertz CT molecular complexity index is 543. The highest BCUT2D eigenvalue weighted by Gasteiger charge is 2.27. The molecule has 1 saturated carbocycles. The van der Waals surface area contributed by atoms with Crippen LogP contribution in [0.2, 0.25) is 0 Å². The van der Waals surface area contributed by atoms with Crippen molar-refractivity contribution in [1.82, 2.24) is 0 Å². The predicted octanol–water partition coefficient (Wildman–Crippen LogP) is 7.77. The van der Waals surface area contributed by atoms with Crippen molar-refractivity contribution in [2.45, 2.75) is 89.9 Å². The van der Waals surface area contributed by atoms with Gasteiger partial charge in [0.2, 0.25) is 0 Å². The minimum atomic E-state index is 0.579. The number of nitrogens with zero attached hydrogens (tertiary/aromatic N) is 1. The van der Waals surface area contributed by atoms with Crippen LogP contribution in [0.25, 0.3) is 0 Å². The largest absolute Gasteiger partial charge is 0.192 e. The van der Waals surface area contributed by atoms with Gasteiger partial charge in [-0.2, -0.15) is 5.26 Å². The Kier molecular flexibility index (Phi) is 9.54. The fraction of sp³-hybridized carbons (Fsp3) is 0.640. The Hall–Kier alpha value is -1.55. The van der Waals surface area contributed by atoms with Crippen LogP contribution in [0.5, 0.6) is 0 Å². The third-order valence-corrected chi connectivity index (χ3v) is 6.31. The molecule has 0 N–H and O–H groups in total. The van der Waals surface area contributed by atoms with Crippen LogP contribution in [0.1, 0.15) is 101 Å². The summed E-state index contributed by atoms with van der Waals surface area (Å²) < 4.78 is 0. The molecule has 0 saturated heterocycles. The highest BCUT2D eigenvalue weighted by Crippen LogP contribution is 2.41. The molecule has 1 nitrogen and oxygen atoms in total. The van der Waals surface area contributed by atoms with E-state index in [1.807, 2.05) is 12.1 Å². The van der Waals surface area contributed by atoms with Crippen LogP contribution < -0.4 is 0 Å². The molecule has 0 radical (unpaired) electrons. The molecule has 142 valence electrons. The lowest BCUT2D eigenvalue weighted by Gasteiger charge is -2.34. The van der Waals surface area contributed by atoms with Crippen molar-refractivity contribution in [2.24, 2.45) is 11.8 Å². The third kappa shape index (κ3) is 6.64. The van der Waals surface area contributed by atoms with Crippen molar-refractivity contribution in [3.05, 3.63) is 48.0 Å². The number of nitriles is 1. The lowest BCUT2D eigenvalue weighted by atomic mass is 9.71. The fourth-order valence-electron chi connectivity index (χ4n) is 4.68. The second-order valence-corrected chi connectivity index (χ2v) is 8.20. The summed E-state index contributed by atoms with van der Waals surface area (Å²) in [5, 5.41) is 9.01. The van der Waals surface area contributed by atoms with Crippen LogP contribution in [0, 0.1) is 23.2 Å². The van der Waals surface area contributed by atoms with Gasteiger partial charge in [-0.3, -0.25) is 0 Å². The summed E-state index contributed by atoms with van der Waals surface area (Å²) in [6, 6.07) is 10.5. The van der Waals surface area contributed by atoms with Crippen LogP contribution in [0.3, 0.4) is 0 Å². The van der Waals surface area contributed by atoms with Gasteiger partial charge in [0.05, 0.1) is 11.6 Å². The minimum Gasteiger partial charge on any atom is -0.192 e. The predicted molar refractivity (Wildman–Crippen MR) is 112 cm³/mol. The van der Waals surface area contributed by atoms with Crippen molar-refractivity contribution in [3.8, 4) is 6.07 Å². The van der Waals surface area contributed by atoms with E-state index in [2.05, 4.69) is 37.8 Å². The smallest absolute Gasteiger partial charge is 0.0991 e. The van der Waals surface area contributed by atoms with Crippen LogP contribution in [0.4, 0.5) is 0 Å². The van der Waals surface area contributed by atoms with E-state index in [4.69, 9.17) is 5.26 Å². The topological polar surface area (TPSA) is 23.8 Å². The maximum Gasteiger partial charge on any atom is 0.0991 e. The number of hydrogen-bond acceptors (Lipinski definition) is 1. The number of unbranched alkanes of at least 4 members (excludes halogenated alkanes) is 5. The zero-order valence-electron chi connectivity index (χ0n) is 16.8. The summed E-state index contributed by atoms with van der Waals surface area (Å²) in [7, 11) is 0. The average molecular weight is 352 g/mol. The molecular formula is C25H37N. The highest BCUT2D eigenvalue weighted by atomic mass is 14.3. The van der Waals surface area contributed by atoms with Gasteiger partial charge in [-0.1, -0.05) is 82.9 Å². The SMILES string of the molecule is C=CCC(c1ccc(C#N)cc1)C1CCC(CCCCCCCC)CC1. The second-order valence-electron chi connectivity index (χ2n) is 8.20. The van der Waals surface area contributed by atoms with E-state index in [1.165, 1.54) is 76.2 Å². The molecule has 0 spiro atoms. The average Bonchev–Trinajstić information content (AvgIpc) is 2.69. The van der Waals surface area contributed by atoms with E-state index in [-0.39, 0.29) is 0 Å². The molecule has 1 heteroatoms. The van der Waals surface area contributed by atoms with Gasteiger partial charge >= 0.3 is 0 Å². The Morgan fingerprint density at radius 2 is 1.69 bits per heavy atom. The van der Waals surface area contributed by atoms with E-state index < -0.39 is 0 Å². The van der Waals surface area contributed by atoms with Gasteiger partial charge in [0, 0.05) is 0 Å². The van der Waals surface area contributed by atoms with Gasteiger partial charge in [-0.05, 0) is 54.7 Å². The Morgan fingerprint density at radius 1 is 1.04 bits per heavy atom. The van der Waals surface area contributed by atoms with E-state index in [1.54, 1.807) is 0 Å². The fourth-order valence-corrected chi connectivity index (χ4v) is 4.68. The molecule has 0 aromatic heterocycles. The Balaban J connectivity index is 1.78. The van der Waals surface area contributed by atoms with Gasteiger partial charge in [0.25, 0.3) is 0 Å². The molecule has 1 unspecified atom stereocenters. The standard InChI is InChI=1S/C25H37N/c1-3-5-6-7-8-9-11-21-12-16-23(17-13-21)25(10-4-2)24-18-14-22(20-26)15-19-24/h4,14-15,18-19,21,23,25H,2-3,5-13,16-17H2,1H3. The first-order chi connectivity index (χ1) is 12.8. The zero-order chi connectivity index (χ0) is 18.6. The van der Waals surface area contributed by atoms with Gasteiger partial charge in [-0.25, -0.2) is 0 Å². The van der Waals surface area contributed by atoms with Crippen LogP contribution in [-0.4, -0.2) is 0 Å². The Morgan fingerprint density at radius 3 is 2.31 bits per heavy atom. The first-order valence-electron chi connectivity index (χ1n) is 10.9. The molecular weight excluding hydrogens is 314 g/mol. The third-order valence-electron chi connectivity index (χ3n) is 6.31. The summed E-state index contributed by atoms with van der Waals surface area (Å²) in [6.45, 7) is 6.28. The lowest BCUT2D eigenvalue weighted by Crippen LogP contribution is -2.20. The molecule has 1 fully saturated rings. The van der Waals surface area contributed by atoms with Crippen molar-refractivity contribution in [3.63, 3.8) is 0 Å². The minimum absolute atomic E-state index is 0.579. The van der Waals surface area contributed by atoms with E-state index in [9.17, 15) is 0 Å². The van der Waals surface area contributed by atoms with E-state index >= 15 is 0 Å². The summed E-state index contributed by atoms with van der Waals surface area (Å²) in [6.07, 6.45) is 18.6. The van der Waals surface area contributed by atoms with Gasteiger partial charge in [0.1, 0.15) is 0 Å². The molecule has 1 aliphatic carbocycles. The van der Waals surface area contributed by atoms with E-state index in [0.717, 1.165) is 23.8 Å². The summed E-state index contributed by atoms with van der Waals surface area (Å²) in [5.74, 6) is 2.32. The van der Waals surface area contributed by atoms with Crippen LogP contribution in [-0.2, 0) is 0 Å². The lowest BCUT2D eigenvalue weighted by molar-refractivity contribution is 0.230. The first-order valence-corrected chi connectivity index (χ1v) is 10.9. The highest BCUT2D eigenvalue weighted by molar-refractivity contribution is 5.33. The molecule has 0 bridgehead atoms. The molecule has 1 atom stereocenters. The molecule has 1 aliphatic rings. The maximum absolute atomic E-state index is 9.01. The van der Waals surface area contributed by atoms with Crippen molar-refractivity contribution < 1.29 is 0 Å². The summed E-state index contributed by atoms with van der Waals surface area (Å²) in [4.78, 5) is 0. The zero-order valence-corrected chi connectivity index (χ0v) is 16.8. The van der Waals surface area contributed by atoms with Crippen molar-refractivity contribution >= 4 is 0 Å². The molecule has 0 aliphatic heterocycles. The van der Waals surface area contributed by atoms with Gasteiger partial charge < -0.3 is 0 Å². The number of allylic oxidation sites excluding steroid dienone is 1. The summed E-state index contributed by atoms with van der Waals surface area (Å²) in [5.41, 5.74) is 2.15. The molecule has 0 amide bonds. The molecule has 2 rings (SSSR count).